The van der Waals surface area contributed by atoms with Crippen LogP contribution in [0.25, 0.3) is 0 Å². The number of piperidine rings is 1. The van der Waals surface area contributed by atoms with Gasteiger partial charge in [-0.15, -0.1) is 0 Å². The Bertz CT molecular complexity index is 439. The summed E-state index contributed by atoms with van der Waals surface area (Å²) in [6, 6.07) is 13.4. The molecule has 3 rings (SSSR count). The van der Waals surface area contributed by atoms with E-state index in [2.05, 4.69) is 51.2 Å². The summed E-state index contributed by atoms with van der Waals surface area (Å²) in [4.78, 5) is 2.98. The molecule has 4 atom stereocenters. The Morgan fingerprint density at radius 3 is 2.76 bits per heavy atom. The number of likely N-dealkylation sites (tertiary alicyclic amines) is 1. The second kappa shape index (κ2) is 4.44. The first-order valence-corrected chi connectivity index (χ1v) is 7.03. The molecule has 1 aliphatic heterocycles. The average Bonchev–Trinajstić information content (AvgIpc) is 2.83. The lowest BCUT2D eigenvalue weighted by Gasteiger charge is -2.29. The van der Waals surface area contributed by atoms with E-state index in [1.165, 1.54) is 5.56 Å². The molecule has 2 bridgehead atoms. The molecule has 2 nitrogen and oxygen atoms in total. The summed E-state index contributed by atoms with van der Waals surface area (Å²) in [6.45, 7) is 2.11. The van der Waals surface area contributed by atoms with Gasteiger partial charge in [-0.25, -0.2) is 0 Å². The third-order valence-corrected chi connectivity index (χ3v) is 5.32. The van der Waals surface area contributed by atoms with Crippen LogP contribution in [0.4, 0.5) is 0 Å². The number of hydrogen-bond acceptors (Lipinski definition) is 2. The third kappa shape index (κ3) is 1.90. The molecular formula is C14H15BrN2. The zero-order valence-electron chi connectivity index (χ0n) is 9.59. The Morgan fingerprint density at radius 1 is 1.35 bits per heavy atom. The first-order valence-electron chi connectivity index (χ1n) is 6.11. The number of nitriles is 1. The van der Waals surface area contributed by atoms with Crippen LogP contribution in [0.5, 0.6) is 0 Å². The lowest BCUT2D eigenvalue weighted by Crippen LogP contribution is -2.38. The monoisotopic (exact) mass is 290 g/mol. The van der Waals surface area contributed by atoms with Crippen LogP contribution in [0.2, 0.25) is 0 Å². The molecule has 3 heteroatoms. The lowest BCUT2D eigenvalue weighted by atomic mass is 9.99. The molecule has 1 saturated heterocycles. The molecule has 1 aliphatic carbocycles. The molecule has 1 saturated carbocycles. The van der Waals surface area contributed by atoms with E-state index in [0.29, 0.717) is 16.8 Å². The maximum atomic E-state index is 9.19. The van der Waals surface area contributed by atoms with Gasteiger partial charge in [-0.05, 0) is 17.9 Å². The van der Waals surface area contributed by atoms with Crippen molar-refractivity contribution in [2.24, 2.45) is 11.8 Å². The summed E-state index contributed by atoms with van der Waals surface area (Å²) in [5.74, 6) is 0.871. The molecule has 2 aliphatic rings. The number of benzene rings is 1. The van der Waals surface area contributed by atoms with Crippen LogP contribution in [0, 0.1) is 23.2 Å². The van der Waals surface area contributed by atoms with Crippen LogP contribution in [-0.4, -0.2) is 22.3 Å². The van der Waals surface area contributed by atoms with Crippen LogP contribution in [-0.2, 0) is 6.54 Å². The number of hydrogen-bond donors (Lipinski definition) is 0. The van der Waals surface area contributed by atoms with E-state index in [1.807, 2.05) is 6.07 Å². The van der Waals surface area contributed by atoms with Crippen molar-refractivity contribution < 1.29 is 0 Å². The van der Waals surface area contributed by atoms with Crippen LogP contribution in [0.3, 0.4) is 0 Å². The molecule has 0 radical (unpaired) electrons. The van der Waals surface area contributed by atoms with Crippen molar-refractivity contribution in [1.82, 2.24) is 4.90 Å². The van der Waals surface area contributed by atoms with Crippen molar-refractivity contribution in [1.29, 1.82) is 5.26 Å². The molecular weight excluding hydrogens is 276 g/mol. The minimum atomic E-state index is 0.210. The number of halogens is 1. The highest BCUT2D eigenvalue weighted by Crippen LogP contribution is 2.46. The van der Waals surface area contributed by atoms with Gasteiger partial charge in [0.25, 0.3) is 0 Å². The summed E-state index contributed by atoms with van der Waals surface area (Å²) >= 11 is 3.77. The van der Waals surface area contributed by atoms with E-state index in [1.54, 1.807) is 0 Å². The summed E-state index contributed by atoms with van der Waals surface area (Å²) in [7, 11) is 0. The highest BCUT2D eigenvalue weighted by molar-refractivity contribution is 9.09. The van der Waals surface area contributed by atoms with Gasteiger partial charge in [0.05, 0.1) is 12.0 Å². The van der Waals surface area contributed by atoms with Gasteiger partial charge in [0, 0.05) is 24.0 Å². The van der Waals surface area contributed by atoms with E-state index in [0.717, 1.165) is 19.5 Å². The number of fused-ring (bicyclic) bond motifs is 2. The van der Waals surface area contributed by atoms with Crippen LogP contribution < -0.4 is 0 Å². The molecule has 0 amide bonds. The molecule has 0 unspecified atom stereocenters. The third-order valence-electron chi connectivity index (χ3n) is 4.03. The largest absolute Gasteiger partial charge is 0.293 e. The van der Waals surface area contributed by atoms with Gasteiger partial charge in [0.15, 0.2) is 0 Å². The van der Waals surface area contributed by atoms with E-state index < -0.39 is 0 Å². The van der Waals surface area contributed by atoms with Gasteiger partial charge in [-0.1, -0.05) is 46.3 Å². The van der Waals surface area contributed by atoms with Crippen LogP contribution >= 0.6 is 15.9 Å². The van der Waals surface area contributed by atoms with Crippen molar-refractivity contribution in [3.8, 4) is 6.07 Å². The van der Waals surface area contributed by atoms with Crippen molar-refractivity contribution >= 4 is 15.9 Å². The second-order valence-electron chi connectivity index (χ2n) is 5.08. The van der Waals surface area contributed by atoms with Gasteiger partial charge < -0.3 is 0 Å². The highest BCUT2D eigenvalue weighted by Gasteiger charge is 2.51. The minimum absolute atomic E-state index is 0.210. The Hall–Kier alpha value is -0.850. The SMILES string of the molecule is N#C[C@@H]1C[C@@H]2CN(Cc3ccccc3)[C@@H]1[C@@H]2Br. The van der Waals surface area contributed by atoms with Crippen LogP contribution in [0.15, 0.2) is 30.3 Å². The fourth-order valence-electron chi connectivity index (χ4n) is 3.27. The van der Waals surface area contributed by atoms with Crippen LogP contribution in [0.1, 0.15) is 12.0 Å². The fraction of sp³-hybridized carbons (Fsp3) is 0.500. The zero-order chi connectivity index (χ0) is 11.8. The normalized spacial score (nSPS) is 36.0. The van der Waals surface area contributed by atoms with E-state index in [-0.39, 0.29) is 5.92 Å². The Labute approximate surface area is 110 Å². The lowest BCUT2D eigenvalue weighted by molar-refractivity contribution is 0.176. The molecule has 1 heterocycles. The Morgan fingerprint density at radius 2 is 2.12 bits per heavy atom. The Balaban J connectivity index is 1.76. The fourth-order valence-corrected chi connectivity index (χ4v) is 4.35. The number of alkyl halides is 1. The molecule has 1 aromatic carbocycles. The van der Waals surface area contributed by atoms with Crippen molar-refractivity contribution in [2.45, 2.75) is 23.8 Å². The van der Waals surface area contributed by atoms with E-state index in [9.17, 15) is 5.26 Å². The molecule has 17 heavy (non-hydrogen) atoms. The molecule has 0 N–H and O–H groups in total. The number of rotatable bonds is 2. The molecule has 88 valence electrons. The number of nitrogens with zero attached hydrogens (tertiary/aromatic N) is 2. The quantitative estimate of drug-likeness (QED) is 0.783. The van der Waals surface area contributed by atoms with Gasteiger partial charge >= 0.3 is 0 Å². The highest BCUT2D eigenvalue weighted by atomic mass is 79.9. The van der Waals surface area contributed by atoms with E-state index in [4.69, 9.17) is 0 Å². The van der Waals surface area contributed by atoms with E-state index >= 15 is 0 Å². The molecule has 1 aromatic rings. The minimum Gasteiger partial charge on any atom is -0.293 e. The molecule has 0 spiro atoms. The Kier molecular flexibility index (Phi) is 2.94. The summed E-state index contributed by atoms with van der Waals surface area (Å²) < 4.78 is 0. The van der Waals surface area contributed by atoms with Gasteiger partial charge in [0.1, 0.15) is 0 Å². The maximum absolute atomic E-state index is 9.19. The van der Waals surface area contributed by atoms with Gasteiger partial charge in [0.2, 0.25) is 0 Å². The predicted molar refractivity (Wildman–Crippen MR) is 70.6 cm³/mol. The maximum Gasteiger partial charge on any atom is 0.0672 e. The predicted octanol–water partition coefficient (Wildman–Crippen LogP) is 2.79. The van der Waals surface area contributed by atoms with Crippen molar-refractivity contribution in [3.05, 3.63) is 35.9 Å². The topological polar surface area (TPSA) is 27.0 Å². The smallest absolute Gasteiger partial charge is 0.0672 e. The summed E-state index contributed by atoms with van der Waals surface area (Å²) in [5.41, 5.74) is 1.34. The van der Waals surface area contributed by atoms with Crippen molar-refractivity contribution in [2.75, 3.05) is 6.54 Å². The zero-order valence-corrected chi connectivity index (χ0v) is 11.2. The van der Waals surface area contributed by atoms with Gasteiger partial charge in [-0.3, -0.25) is 4.90 Å². The second-order valence-corrected chi connectivity index (χ2v) is 6.14. The van der Waals surface area contributed by atoms with Gasteiger partial charge in [-0.2, -0.15) is 5.26 Å². The first-order chi connectivity index (χ1) is 8.29. The standard InChI is InChI=1S/C14H15BrN2/c15-13-12-6-11(7-16)14(13)17(9-12)8-10-4-2-1-3-5-10/h1-5,11-14H,6,8-9H2/t11-,12+,13+,14-/m0/s1. The van der Waals surface area contributed by atoms with Crippen molar-refractivity contribution in [3.63, 3.8) is 0 Å². The summed E-state index contributed by atoms with van der Waals surface area (Å²) in [5, 5.41) is 9.19. The first kappa shape index (κ1) is 11.3. The average molecular weight is 291 g/mol. The summed E-state index contributed by atoms with van der Waals surface area (Å²) in [6.07, 6.45) is 1.07. The molecule has 0 aromatic heterocycles. The molecule has 2 fully saturated rings.